The number of carboxylic acids is 1. The molecule has 0 amide bonds. The fourth-order valence-electron chi connectivity index (χ4n) is 2.96. The molecular weight excluding hydrogens is 320 g/mol. The molecule has 25 heavy (non-hydrogen) atoms. The van der Waals surface area contributed by atoms with Gasteiger partial charge >= 0.3 is 5.97 Å². The molecule has 2 aromatic rings. The summed E-state index contributed by atoms with van der Waals surface area (Å²) in [5.41, 5.74) is 0.912. The number of hydrogen-bond acceptors (Lipinski definition) is 6. The fourth-order valence-corrected chi connectivity index (χ4v) is 2.96. The van der Waals surface area contributed by atoms with Crippen LogP contribution in [0.2, 0.25) is 0 Å². The third-order valence-corrected chi connectivity index (χ3v) is 4.36. The number of ether oxygens (including phenoxy) is 1. The molecule has 1 aromatic carbocycles. The molecule has 0 atom stereocenters. The topological polar surface area (TPSA) is 87.6 Å². The first-order valence-electron chi connectivity index (χ1n) is 8.29. The molecule has 132 valence electrons. The second-order valence-corrected chi connectivity index (χ2v) is 6.11. The zero-order valence-electron chi connectivity index (χ0n) is 14.4. The lowest BCUT2D eigenvalue weighted by Gasteiger charge is -2.31. The van der Waals surface area contributed by atoms with Crippen molar-refractivity contribution in [2.45, 2.75) is 19.8 Å². The van der Waals surface area contributed by atoms with Gasteiger partial charge in [0.15, 0.2) is 0 Å². The minimum absolute atomic E-state index is 0.254. The number of piperidine rings is 1. The second kappa shape index (κ2) is 7.38. The zero-order valence-corrected chi connectivity index (χ0v) is 14.4. The van der Waals surface area contributed by atoms with Crippen LogP contribution in [-0.2, 0) is 4.79 Å². The Morgan fingerprint density at radius 2 is 1.92 bits per heavy atom. The quantitative estimate of drug-likeness (QED) is 0.864. The first-order valence-corrected chi connectivity index (χ1v) is 8.29. The highest BCUT2D eigenvalue weighted by atomic mass is 16.5. The smallest absolute Gasteiger partial charge is 0.306 e. The summed E-state index contributed by atoms with van der Waals surface area (Å²) < 4.78 is 5.16. The largest absolute Gasteiger partial charge is 0.497 e. The van der Waals surface area contributed by atoms with E-state index in [2.05, 4.69) is 20.2 Å². The van der Waals surface area contributed by atoms with Crippen LogP contribution >= 0.6 is 0 Å². The number of carboxylic acid groups (broad SMARTS) is 1. The Kier molecular flexibility index (Phi) is 5.02. The van der Waals surface area contributed by atoms with Gasteiger partial charge in [-0.15, -0.1) is 0 Å². The Morgan fingerprint density at radius 1 is 1.24 bits per heavy atom. The number of methoxy groups -OCH3 is 1. The first-order chi connectivity index (χ1) is 12.0. The number of carbonyl (C=O) groups is 1. The van der Waals surface area contributed by atoms with E-state index in [1.165, 1.54) is 0 Å². The Morgan fingerprint density at radius 3 is 2.52 bits per heavy atom. The number of aliphatic carboxylic acids is 1. The lowest BCUT2D eigenvalue weighted by Crippen LogP contribution is -2.36. The van der Waals surface area contributed by atoms with Crippen molar-refractivity contribution in [3.8, 4) is 5.75 Å². The van der Waals surface area contributed by atoms with Crippen molar-refractivity contribution in [1.29, 1.82) is 0 Å². The number of anilines is 3. The van der Waals surface area contributed by atoms with Gasteiger partial charge < -0.3 is 20.1 Å². The van der Waals surface area contributed by atoms with Crippen molar-refractivity contribution in [3.05, 3.63) is 36.2 Å². The van der Waals surface area contributed by atoms with Crippen LogP contribution in [0, 0.1) is 12.8 Å². The zero-order chi connectivity index (χ0) is 17.8. The molecule has 1 fully saturated rings. The van der Waals surface area contributed by atoms with Gasteiger partial charge in [0, 0.05) is 24.8 Å². The third kappa shape index (κ3) is 4.17. The van der Waals surface area contributed by atoms with Gasteiger partial charge in [0.05, 0.1) is 13.0 Å². The van der Waals surface area contributed by atoms with Crippen molar-refractivity contribution >= 4 is 23.3 Å². The Labute approximate surface area is 146 Å². The number of benzene rings is 1. The third-order valence-electron chi connectivity index (χ3n) is 4.36. The Balaban J connectivity index is 1.73. The molecule has 0 unspecified atom stereocenters. The molecule has 7 heteroatoms. The highest BCUT2D eigenvalue weighted by Gasteiger charge is 2.25. The van der Waals surface area contributed by atoms with E-state index < -0.39 is 5.97 Å². The van der Waals surface area contributed by atoms with Crippen LogP contribution in [0.15, 0.2) is 30.3 Å². The van der Waals surface area contributed by atoms with Crippen LogP contribution in [0.5, 0.6) is 5.75 Å². The van der Waals surface area contributed by atoms with Crippen LogP contribution in [0.4, 0.5) is 17.3 Å². The number of aromatic nitrogens is 2. The van der Waals surface area contributed by atoms with Crippen molar-refractivity contribution in [2.75, 3.05) is 30.4 Å². The molecular formula is C18H22N4O3. The number of nitrogens with zero attached hydrogens (tertiary/aromatic N) is 3. The Bertz CT molecular complexity index is 740. The number of aryl methyl sites for hydroxylation is 1. The van der Waals surface area contributed by atoms with Gasteiger partial charge in [-0.05, 0) is 44.0 Å². The molecule has 0 saturated carbocycles. The summed E-state index contributed by atoms with van der Waals surface area (Å²) in [6.07, 6.45) is 1.28. The maximum Gasteiger partial charge on any atom is 0.306 e. The van der Waals surface area contributed by atoms with Crippen molar-refractivity contribution < 1.29 is 14.6 Å². The lowest BCUT2D eigenvalue weighted by molar-refractivity contribution is -0.142. The molecule has 0 radical (unpaired) electrons. The summed E-state index contributed by atoms with van der Waals surface area (Å²) in [5.74, 6) is 2.05. The molecule has 3 rings (SSSR count). The normalized spacial score (nSPS) is 15.0. The molecule has 2 N–H and O–H groups in total. The van der Waals surface area contributed by atoms with Gasteiger partial charge in [-0.3, -0.25) is 4.79 Å². The van der Waals surface area contributed by atoms with Gasteiger partial charge in [0.25, 0.3) is 0 Å². The average molecular weight is 342 g/mol. The van der Waals surface area contributed by atoms with E-state index in [0.717, 1.165) is 17.3 Å². The maximum atomic E-state index is 11.1. The number of hydrogen-bond donors (Lipinski definition) is 2. The minimum Gasteiger partial charge on any atom is -0.497 e. The molecule has 0 bridgehead atoms. The summed E-state index contributed by atoms with van der Waals surface area (Å²) in [5, 5.41) is 12.4. The van der Waals surface area contributed by atoms with Crippen LogP contribution in [-0.4, -0.2) is 41.2 Å². The van der Waals surface area contributed by atoms with Crippen LogP contribution in [0.3, 0.4) is 0 Å². The molecule has 7 nitrogen and oxygen atoms in total. The van der Waals surface area contributed by atoms with Gasteiger partial charge in [0.2, 0.25) is 0 Å². The summed E-state index contributed by atoms with van der Waals surface area (Å²) in [6, 6.07) is 9.52. The predicted molar refractivity (Wildman–Crippen MR) is 95.6 cm³/mol. The van der Waals surface area contributed by atoms with E-state index in [1.54, 1.807) is 7.11 Å². The van der Waals surface area contributed by atoms with Crippen molar-refractivity contribution in [1.82, 2.24) is 9.97 Å². The van der Waals surface area contributed by atoms with E-state index in [1.807, 2.05) is 37.3 Å². The fraction of sp³-hybridized carbons (Fsp3) is 0.389. The predicted octanol–water partition coefficient (Wildman–Crippen LogP) is 2.84. The Hall–Kier alpha value is -2.83. The van der Waals surface area contributed by atoms with E-state index >= 15 is 0 Å². The molecule has 1 saturated heterocycles. The van der Waals surface area contributed by atoms with Crippen molar-refractivity contribution in [2.24, 2.45) is 5.92 Å². The van der Waals surface area contributed by atoms with Crippen LogP contribution < -0.4 is 15.0 Å². The van der Waals surface area contributed by atoms with E-state index in [-0.39, 0.29) is 5.92 Å². The lowest BCUT2D eigenvalue weighted by atomic mass is 9.97. The summed E-state index contributed by atoms with van der Waals surface area (Å²) >= 11 is 0. The number of nitrogens with one attached hydrogen (secondary N) is 1. The molecule has 0 spiro atoms. The number of rotatable bonds is 5. The monoisotopic (exact) mass is 342 g/mol. The maximum absolute atomic E-state index is 11.1. The molecule has 0 aliphatic carbocycles. The van der Waals surface area contributed by atoms with E-state index in [0.29, 0.717) is 37.6 Å². The van der Waals surface area contributed by atoms with Gasteiger partial charge in [0.1, 0.15) is 23.2 Å². The van der Waals surface area contributed by atoms with Crippen LogP contribution in [0.25, 0.3) is 0 Å². The molecule has 1 aliphatic rings. The minimum atomic E-state index is -0.708. The van der Waals surface area contributed by atoms with Crippen LogP contribution in [0.1, 0.15) is 18.7 Å². The van der Waals surface area contributed by atoms with Gasteiger partial charge in [-0.2, -0.15) is 0 Å². The summed E-state index contributed by atoms with van der Waals surface area (Å²) in [4.78, 5) is 22.1. The summed E-state index contributed by atoms with van der Waals surface area (Å²) in [6.45, 7) is 3.23. The van der Waals surface area contributed by atoms with E-state index in [9.17, 15) is 4.79 Å². The molecule has 1 aliphatic heterocycles. The SMILES string of the molecule is COc1ccc(Nc2cc(N3CCC(C(=O)O)CC3)nc(C)n2)cc1. The second-order valence-electron chi connectivity index (χ2n) is 6.11. The van der Waals surface area contributed by atoms with Crippen molar-refractivity contribution in [3.63, 3.8) is 0 Å². The first kappa shape index (κ1) is 17.0. The van der Waals surface area contributed by atoms with E-state index in [4.69, 9.17) is 9.84 Å². The summed E-state index contributed by atoms with van der Waals surface area (Å²) in [7, 11) is 1.63. The highest BCUT2D eigenvalue weighted by Crippen LogP contribution is 2.25. The molecule has 2 heterocycles. The van der Waals surface area contributed by atoms with Gasteiger partial charge in [-0.1, -0.05) is 0 Å². The highest BCUT2D eigenvalue weighted by molar-refractivity contribution is 5.70. The average Bonchev–Trinajstić information content (AvgIpc) is 2.62. The van der Waals surface area contributed by atoms with Gasteiger partial charge in [-0.25, -0.2) is 9.97 Å². The standard InChI is InChI=1S/C18H22N4O3/c1-12-19-16(21-14-3-5-15(25-2)6-4-14)11-17(20-12)22-9-7-13(8-10-22)18(23)24/h3-6,11,13H,7-10H2,1-2H3,(H,23,24)(H,19,20,21). The molecule has 1 aromatic heterocycles.